The number of carbonyl (C=O) groups excluding carboxylic acids is 2. The Morgan fingerprint density at radius 2 is 1.84 bits per heavy atom. The van der Waals surface area contributed by atoms with E-state index >= 15 is 0 Å². The van der Waals surface area contributed by atoms with Crippen molar-refractivity contribution in [2.24, 2.45) is 0 Å². The molecule has 3 aromatic rings. The van der Waals surface area contributed by atoms with Gasteiger partial charge in [0.25, 0.3) is 5.91 Å². The molecule has 5 nitrogen and oxygen atoms in total. The Morgan fingerprint density at radius 3 is 2.56 bits per heavy atom. The van der Waals surface area contributed by atoms with E-state index in [4.69, 9.17) is 4.42 Å². The fraction of sp³-hybridized carbons (Fsp3) is 0.263. The number of furan rings is 1. The molecule has 3 heterocycles. The number of benzene rings is 1. The predicted octanol–water partition coefficient (Wildman–Crippen LogP) is 3.14. The number of hydrogen-bond donors (Lipinski definition) is 0. The number of thiophene rings is 1. The van der Waals surface area contributed by atoms with Gasteiger partial charge in [0.15, 0.2) is 11.5 Å². The van der Waals surface area contributed by atoms with Crippen LogP contribution in [0.3, 0.4) is 0 Å². The minimum absolute atomic E-state index is 0.0829. The highest BCUT2D eigenvalue weighted by Crippen LogP contribution is 2.20. The lowest BCUT2D eigenvalue weighted by atomic mass is 10.2. The van der Waals surface area contributed by atoms with Crippen molar-refractivity contribution in [3.63, 3.8) is 0 Å². The molecule has 0 bridgehead atoms. The molecule has 0 radical (unpaired) electrons. The summed E-state index contributed by atoms with van der Waals surface area (Å²) in [5, 5.41) is 2.85. The van der Waals surface area contributed by atoms with Gasteiger partial charge in [-0.2, -0.15) is 0 Å². The van der Waals surface area contributed by atoms with E-state index in [1.165, 1.54) is 11.3 Å². The number of piperazine rings is 1. The van der Waals surface area contributed by atoms with Gasteiger partial charge >= 0.3 is 0 Å². The lowest BCUT2D eigenvalue weighted by molar-refractivity contribution is 0.0598. The third-order valence-corrected chi connectivity index (χ3v) is 5.37. The molecule has 128 valence electrons. The maximum atomic E-state index is 12.6. The van der Waals surface area contributed by atoms with Crippen LogP contribution in [-0.2, 0) is 0 Å². The molecule has 0 atom stereocenters. The highest BCUT2D eigenvalue weighted by molar-refractivity contribution is 7.12. The number of hydrogen-bond acceptors (Lipinski definition) is 5. The van der Waals surface area contributed by atoms with Crippen molar-refractivity contribution >= 4 is 34.0 Å². The third kappa shape index (κ3) is 3.36. The van der Waals surface area contributed by atoms with Gasteiger partial charge in [0, 0.05) is 31.6 Å². The molecule has 6 heteroatoms. The van der Waals surface area contributed by atoms with Gasteiger partial charge in [0.2, 0.25) is 0 Å². The van der Waals surface area contributed by atoms with Crippen molar-refractivity contribution in [1.82, 2.24) is 9.80 Å². The zero-order valence-corrected chi connectivity index (χ0v) is 14.5. The van der Waals surface area contributed by atoms with Gasteiger partial charge in [-0.15, -0.1) is 11.3 Å². The Balaban J connectivity index is 1.36. The van der Waals surface area contributed by atoms with Crippen LogP contribution in [0.15, 0.2) is 52.3 Å². The largest absolute Gasteiger partial charge is 0.451 e. The molecule has 0 aliphatic carbocycles. The number of para-hydroxylation sites is 1. The van der Waals surface area contributed by atoms with E-state index < -0.39 is 0 Å². The summed E-state index contributed by atoms with van der Waals surface area (Å²) in [6.07, 6.45) is 0. The van der Waals surface area contributed by atoms with Crippen molar-refractivity contribution in [2.45, 2.75) is 0 Å². The lowest BCUT2D eigenvalue weighted by Crippen LogP contribution is -2.49. The number of carbonyl (C=O) groups is 2. The number of rotatable bonds is 4. The summed E-state index contributed by atoms with van der Waals surface area (Å²) in [5.41, 5.74) is 0.728. The smallest absolute Gasteiger partial charge is 0.289 e. The van der Waals surface area contributed by atoms with E-state index in [0.29, 0.717) is 38.5 Å². The first-order valence-electron chi connectivity index (χ1n) is 8.27. The molecule has 1 fully saturated rings. The Kier molecular flexibility index (Phi) is 4.38. The standard InChI is InChI=1S/C19H18N2O3S/c22-15(18-6-3-11-25-18)13-20-7-9-21(10-8-20)19(23)17-12-14-4-1-2-5-16(14)24-17/h1-6,11-12H,7-10,13H2. The second kappa shape index (κ2) is 6.82. The summed E-state index contributed by atoms with van der Waals surface area (Å²) in [6, 6.07) is 13.2. The summed E-state index contributed by atoms with van der Waals surface area (Å²) >= 11 is 1.47. The van der Waals surface area contributed by atoms with E-state index in [-0.39, 0.29) is 11.7 Å². The monoisotopic (exact) mass is 354 g/mol. The van der Waals surface area contributed by atoms with Crippen LogP contribution < -0.4 is 0 Å². The number of ketones is 1. The van der Waals surface area contributed by atoms with E-state index in [0.717, 1.165) is 15.8 Å². The summed E-state index contributed by atoms with van der Waals surface area (Å²) in [7, 11) is 0. The lowest BCUT2D eigenvalue weighted by Gasteiger charge is -2.33. The number of nitrogens with zero attached hydrogens (tertiary/aromatic N) is 2. The quantitative estimate of drug-likeness (QED) is 0.676. The van der Waals surface area contributed by atoms with Gasteiger partial charge in [-0.3, -0.25) is 14.5 Å². The molecule has 0 N–H and O–H groups in total. The first-order chi connectivity index (χ1) is 12.2. The van der Waals surface area contributed by atoms with Gasteiger partial charge < -0.3 is 9.32 Å². The van der Waals surface area contributed by atoms with E-state index in [1.54, 1.807) is 11.0 Å². The third-order valence-electron chi connectivity index (χ3n) is 4.46. The van der Waals surface area contributed by atoms with Crippen LogP contribution >= 0.6 is 11.3 Å². The Morgan fingerprint density at radius 1 is 1.04 bits per heavy atom. The Bertz CT molecular complexity index is 859. The van der Waals surface area contributed by atoms with Crippen molar-refractivity contribution in [3.8, 4) is 0 Å². The first kappa shape index (κ1) is 16.1. The van der Waals surface area contributed by atoms with Crippen LogP contribution in [0.1, 0.15) is 20.2 Å². The molecule has 0 spiro atoms. The molecule has 0 saturated carbocycles. The highest BCUT2D eigenvalue weighted by atomic mass is 32.1. The highest BCUT2D eigenvalue weighted by Gasteiger charge is 2.25. The molecule has 1 aliphatic rings. The van der Waals surface area contributed by atoms with Crippen LogP contribution in [0, 0.1) is 0 Å². The molecule has 25 heavy (non-hydrogen) atoms. The minimum Gasteiger partial charge on any atom is -0.451 e. The molecular weight excluding hydrogens is 336 g/mol. The second-order valence-electron chi connectivity index (χ2n) is 6.12. The van der Waals surface area contributed by atoms with Crippen molar-refractivity contribution < 1.29 is 14.0 Å². The van der Waals surface area contributed by atoms with Gasteiger partial charge in [-0.25, -0.2) is 0 Å². The molecule has 1 saturated heterocycles. The summed E-state index contributed by atoms with van der Waals surface area (Å²) in [5.74, 6) is 0.441. The SMILES string of the molecule is O=C(CN1CCN(C(=O)c2cc3ccccc3o2)CC1)c1cccs1. The Hall–Kier alpha value is -2.44. The summed E-state index contributed by atoms with van der Waals surface area (Å²) in [6.45, 7) is 3.01. The summed E-state index contributed by atoms with van der Waals surface area (Å²) in [4.78, 5) is 29.5. The maximum absolute atomic E-state index is 12.6. The first-order valence-corrected chi connectivity index (χ1v) is 9.15. The average Bonchev–Trinajstić information content (AvgIpc) is 3.31. The molecule has 1 amide bonds. The fourth-order valence-corrected chi connectivity index (χ4v) is 3.73. The Labute approximate surface area is 149 Å². The van der Waals surface area contributed by atoms with Gasteiger partial charge in [0.1, 0.15) is 5.58 Å². The van der Waals surface area contributed by atoms with Crippen molar-refractivity contribution in [3.05, 3.63) is 58.5 Å². The maximum Gasteiger partial charge on any atom is 0.289 e. The topological polar surface area (TPSA) is 53.8 Å². The van der Waals surface area contributed by atoms with E-state index in [9.17, 15) is 9.59 Å². The molecule has 1 aliphatic heterocycles. The van der Waals surface area contributed by atoms with Crippen molar-refractivity contribution in [1.29, 1.82) is 0 Å². The summed E-state index contributed by atoms with van der Waals surface area (Å²) < 4.78 is 5.67. The fourth-order valence-electron chi connectivity index (χ4n) is 3.07. The van der Waals surface area contributed by atoms with Crippen LogP contribution in [0.25, 0.3) is 11.0 Å². The van der Waals surface area contributed by atoms with E-state index in [1.807, 2.05) is 41.8 Å². The van der Waals surface area contributed by atoms with Crippen LogP contribution in [-0.4, -0.2) is 54.2 Å². The van der Waals surface area contributed by atoms with Crippen molar-refractivity contribution in [2.75, 3.05) is 32.7 Å². The predicted molar refractivity (Wildman–Crippen MR) is 97.2 cm³/mol. The molecule has 0 unspecified atom stereocenters. The molecule has 2 aromatic heterocycles. The van der Waals surface area contributed by atoms with Crippen LogP contribution in [0.4, 0.5) is 0 Å². The van der Waals surface area contributed by atoms with Crippen LogP contribution in [0.5, 0.6) is 0 Å². The minimum atomic E-state index is -0.0829. The van der Waals surface area contributed by atoms with Gasteiger partial charge in [0.05, 0.1) is 11.4 Å². The molecule has 4 rings (SSSR count). The zero-order valence-electron chi connectivity index (χ0n) is 13.7. The molecule has 1 aromatic carbocycles. The number of fused-ring (bicyclic) bond motifs is 1. The normalized spacial score (nSPS) is 15.6. The number of amides is 1. The van der Waals surface area contributed by atoms with Gasteiger partial charge in [-0.1, -0.05) is 24.3 Å². The van der Waals surface area contributed by atoms with E-state index in [2.05, 4.69) is 4.90 Å². The zero-order chi connectivity index (χ0) is 17.2. The van der Waals surface area contributed by atoms with Crippen LogP contribution in [0.2, 0.25) is 0 Å². The second-order valence-corrected chi connectivity index (χ2v) is 7.06. The average molecular weight is 354 g/mol. The number of Topliss-reactive ketones (excluding diaryl/α,β-unsaturated/α-hetero) is 1. The molecular formula is C19H18N2O3S. The van der Waals surface area contributed by atoms with Gasteiger partial charge in [-0.05, 0) is 23.6 Å².